The lowest BCUT2D eigenvalue weighted by atomic mass is 9.90. The summed E-state index contributed by atoms with van der Waals surface area (Å²) in [4.78, 5) is 11.1. The van der Waals surface area contributed by atoms with E-state index in [-0.39, 0.29) is 0 Å². The number of carboxylic acids is 1. The van der Waals surface area contributed by atoms with Crippen LogP contribution in [0.5, 0.6) is 0 Å². The standard InChI is InChI=1S/C15H19ClO2/c1-9-12(10(2)15(17)18)7-8-13(14(9)16)11-5-3-4-6-11/h7-8,10-11H,3-6H2,1-2H3,(H,17,18). The van der Waals surface area contributed by atoms with E-state index in [1.807, 2.05) is 19.1 Å². The maximum absolute atomic E-state index is 11.1. The summed E-state index contributed by atoms with van der Waals surface area (Å²) in [6.45, 7) is 3.63. The molecule has 0 bridgehead atoms. The van der Waals surface area contributed by atoms with E-state index in [2.05, 4.69) is 0 Å². The van der Waals surface area contributed by atoms with Gasteiger partial charge in [-0.25, -0.2) is 0 Å². The van der Waals surface area contributed by atoms with Crippen molar-refractivity contribution in [3.63, 3.8) is 0 Å². The van der Waals surface area contributed by atoms with Crippen molar-refractivity contribution < 1.29 is 9.90 Å². The Bertz CT molecular complexity index is 462. The molecule has 0 radical (unpaired) electrons. The number of carboxylic acid groups (broad SMARTS) is 1. The summed E-state index contributed by atoms with van der Waals surface area (Å²) in [5.74, 6) is -0.742. The van der Waals surface area contributed by atoms with E-state index in [1.165, 1.54) is 31.2 Å². The topological polar surface area (TPSA) is 37.3 Å². The monoisotopic (exact) mass is 266 g/mol. The van der Waals surface area contributed by atoms with Gasteiger partial charge in [-0.15, -0.1) is 0 Å². The lowest BCUT2D eigenvalue weighted by Crippen LogP contribution is -2.10. The molecule has 1 aromatic rings. The average Bonchev–Trinajstić information content (AvgIpc) is 2.85. The minimum atomic E-state index is -0.803. The largest absolute Gasteiger partial charge is 0.481 e. The molecular formula is C15H19ClO2. The highest BCUT2D eigenvalue weighted by Gasteiger charge is 2.23. The molecule has 3 heteroatoms. The van der Waals surface area contributed by atoms with Gasteiger partial charge in [0.25, 0.3) is 0 Å². The van der Waals surface area contributed by atoms with E-state index in [0.29, 0.717) is 5.92 Å². The van der Waals surface area contributed by atoms with Gasteiger partial charge in [-0.2, -0.15) is 0 Å². The average molecular weight is 267 g/mol. The summed E-state index contributed by atoms with van der Waals surface area (Å²) in [6, 6.07) is 3.97. The van der Waals surface area contributed by atoms with Gasteiger partial charge in [-0.1, -0.05) is 36.6 Å². The van der Waals surface area contributed by atoms with Crippen LogP contribution in [-0.4, -0.2) is 11.1 Å². The number of benzene rings is 1. The van der Waals surface area contributed by atoms with Gasteiger partial charge in [-0.3, -0.25) is 4.79 Å². The van der Waals surface area contributed by atoms with Crippen LogP contribution in [0.15, 0.2) is 12.1 Å². The molecule has 0 amide bonds. The number of aliphatic carboxylic acids is 1. The first kappa shape index (κ1) is 13.4. The summed E-state index contributed by atoms with van der Waals surface area (Å²) in [5, 5.41) is 9.86. The molecule has 1 aliphatic carbocycles. The van der Waals surface area contributed by atoms with Gasteiger partial charge in [0.15, 0.2) is 0 Å². The van der Waals surface area contributed by atoms with Crippen LogP contribution in [0.25, 0.3) is 0 Å². The Kier molecular flexibility index (Phi) is 3.96. The highest BCUT2D eigenvalue weighted by Crippen LogP contribution is 2.40. The second kappa shape index (κ2) is 5.31. The van der Waals surface area contributed by atoms with E-state index in [4.69, 9.17) is 16.7 Å². The van der Waals surface area contributed by atoms with Crippen LogP contribution >= 0.6 is 11.6 Å². The van der Waals surface area contributed by atoms with Crippen LogP contribution in [-0.2, 0) is 4.79 Å². The minimum absolute atomic E-state index is 0.500. The van der Waals surface area contributed by atoms with Crippen LogP contribution in [0.4, 0.5) is 0 Å². The molecule has 1 aliphatic rings. The third kappa shape index (κ3) is 2.39. The Morgan fingerprint density at radius 1 is 1.39 bits per heavy atom. The molecular weight excluding hydrogens is 248 g/mol. The quantitative estimate of drug-likeness (QED) is 0.875. The molecule has 1 unspecified atom stereocenters. The Morgan fingerprint density at radius 2 is 2.00 bits per heavy atom. The normalized spacial score (nSPS) is 17.9. The number of hydrogen-bond donors (Lipinski definition) is 1. The fraction of sp³-hybridized carbons (Fsp3) is 0.533. The van der Waals surface area contributed by atoms with E-state index in [9.17, 15) is 4.79 Å². The van der Waals surface area contributed by atoms with Gasteiger partial charge in [0, 0.05) is 5.02 Å². The lowest BCUT2D eigenvalue weighted by Gasteiger charge is -2.18. The van der Waals surface area contributed by atoms with E-state index < -0.39 is 11.9 Å². The lowest BCUT2D eigenvalue weighted by molar-refractivity contribution is -0.138. The molecule has 1 atom stereocenters. The molecule has 2 rings (SSSR count). The summed E-state index contributed by atoms with van der Waals surface area (Å²) in [5.41, 5.74) is 2.96. The fourth-order valence-corrected chi connectivity index (χ4v) is 3.20. The minimum Gasteiger partial charge on any atom is -0.481 e. The first-order valence-electron chi connectivity index (χ1n) is 6.54. The number of hydrogen-bond acceptors (Lipinski definition) is 1. The number of halogens is 1. The molecule has 0 spiro atoms. The van der Waals surface area contributed by atoms with Crippen molar-refractivity contribution in [1.82, 2.24) is 0 Å². The van der Waals surface area contributed by atoms with Gasteiger partial charge in [0.2, 0.25) is 0 Å². The third-order valence-corrected chi connectivity index (χ3v) is 4.59. The molecule has 18 heavy (non-hydrogen) atoms. The molecule has 0 aliphatic heterocycles. The zero-order valence-electron chi connectivity index (χ0n) is 10.9. The molecule has 1 saturated carbocycles. The predicted molar refractivity (Wildman–Crippen MR) is 73.4 cm³/mol. The second-order valence-electron chi connectivity index (χ2n) is 5.22. The van der Waals surface area contributed by atoms with E-state index in [0.717, 1.165) is 16.1 Å². The van der Waals surface area contributed by atoms with Gasteiger partial charge in [0.05, 0.1) is 5.92 Å². The molecule has 2 nitrogen and oxygen atoms in total. The fourth-order valence-electron chi connectivity index (χ4n) is 2.88. The van der Waals surface area contributed by atoms with Gasteiger partial charge >= 0.3 is 5.97 Å². The van der Waals surface area contributed by atoms with Crippen molar-refractivity contribution in [2.75, 3.05) is 0 Å². The summed E-state index contributed by atoms with van der Waals surface area (Å²) in [7, 11) is 0. The third-order valence-electron chi connectivity index (χ3n) is 4.09. The zero-order chi connectivity index (χ0) is 13.3. The summed E-state index contributed by atoms with van der Waals surface area (Å²) >= 11 is 6.43. The Labute approximate surface area is 113 Å². The van der Waals surface area contributed by atoms with E-state index in [1.54, 1.807) is 6.92 Å². The van der Waals surface area contributed by atoms with Gasteiger partial charge in [0.1, 0.15) is 0 Å². The van der Waals surface area contributed by atoms with E-state index >= 15 is 0 Å². The van der Waals surface area contributed by atoms with Crippen molar-refractivity contribution in [3.05, 3.63) is 33.8 Å². The van der Waals surface area contributed by atoms with Gasteiger partial charge in [-0.05, 0) is 49.3 Å². The van der Waals surface area contributed by atoms with Crippen LogP contribution in [0.1, 0.15) is 61.1 Å². The molecule has 0 aromatic heterocycles. The van der Waals surface area contributed by atoms with Crippen LogP contribution in [0.3, 0.4) is 0 Å². The number of rotatable bonds is 3. The second-order valence-corrected chi connectivity index (χ2v) is 5.60. The predicted octanol–water partition coefficient (Wildman–Crippen LogP) is 4.49. The molecule has 1 fully saturated rings. The van der Waals surface area contributed by atoms with Crippen molar-refractivity contribution in [3.8, 4) is 0 Å². The summed E-state index contributed by atoms with van der Waals surface area (Å²) < 4.78 is 0. The molecule has 98 valence electrons. The van der Waals surface area contributed by atoms with Crippen LogP contribution in [0, 0.1) is 6.92 Å². The smallest absolute Gasteiger partial charge is 0.310 e. The first-order chi connectivity index (χ1) is 8.52. The molecule has 1 N–H and O–H groups in total. The molecule has 0 heterocycles. The Hall–Kier alpha value is -1.02. The van der Waals surface area contributed by atoms with Gasteiger partial charge < -0.3 is 5.11 Å². The summed E-state index contributed by atoms with van der Waals surface area (Å²) in [6.07, 6.45) is 4.95. The van der Waals surface area contributed by atoms with Crippen LogP contribution < -0.4 is 0 Å². The number of carbonyl (C=O) groups is 1. The highest BCUT2D eigenvalue weighted by molar-refractivity contribution is 6.32. The van der Waals surface area contributed by atoms with Crippen molar-refractivity contribution in [2.24, 2.45) is 0 Å². The highest BCUT2D eigenvalue weighted by atomic mass is 35.5. The Morgan fingerprint density at radius 3 is 2.56 bits per heavy atom. The van der Waals surface area contributed by atoms with Crippen molar-refractivity contribution >= 4 is 17.6 Å². The Balaban J connectivity index is 2.37. The van der Waals surface area contributed by atoms with Crippen molar-refractivity contribution in [1.29, 1.82) is 0 Å². The maximum Gasteiger partial charge on any atom is 0.310 e. The van der Waals surface area contributed by atoms with Crippen LogP contribution in [0.2, 0.25) is 5.02 Å². The zero-order valence-corrected chi connectivity index (χ0v) is 11.6. The first-order valence-corrected chi connectivity index (χ1v) is 6.92. The maximum atomic E-state index is 11.1. The molecule has 0 saturated heterocycles. The van der Waals surface area contributed by atoms with Crippen molar-refractivity contribution in [2.45, 2.75) is 51.4 Å². The SMILES string of the molecule is Cc1c(C(C)C(=O)O)ccc(C2CCCC2)c1Cl. The molecule has 1 aromatic carbocycles.